The van der Waals surface area contributed by atoms with Gasteiger partial charge in [-0.05, 0) is 36.1 Å². The number of carbonyl (C=O) groups excluding carboxylic acids is 1. The molecule has 0 atom stereocenters. The van der Waals surface area contributed by atoms with Gasteiger partial charge in [-0.3, -0.25) is 4.79 Å². The fraction of sp³-hybridized carbons (Fsp3) is 0.227. The molecule has 0 bridgehead atoms. The Hall–Kier alpha value is -3.06. The van der Waals surface area contributed by atoms with Crippen LogP contribution in [-0.2, 0) is 18.7 Å². The van der Waals surface area contributed by atoms with Gasteiger partial charge in [-0.2, -0.15) is 0 Å². The van der Waals surface area contributed by atoms with Crippen molar-refractivity contribution in [3.8, 4) is 0 Å². The van der Waals surface area contributed by atoms with E-state index in [1.165, 1.54) is 29.2 Å². The van der Waals surface area contributed by atoms with Gasteiger partial charge in [0.2, 0.25) is 5.89 Å². The van der Waals surface area contributed by atoms with Crippen LogP contribution in [0.5, 0.6) is 0 Å². The summed E-state index contributed by atoms with van der Waals surface area (Å²) in [7, 11) is 0. The Morgan fingerprint density at radius 1 is 1.14 bits per heavy atom. The zero-order valence-corrected chi connectivity index (χ0v) is 16.7. The predicted octanol–water partition coefficient (Wildman–Crippen LogP) is 4.62. The van der Waals surface area contributed by atoms with E-state index in [0.29, 0.717) is 35.6 Å². The molecule has 0 aliphatic carbocycles. The molecule has 6 nitrogen and oxygen atoms in total. The van der Waals surface area contributed by atoms with Crippen molar-refractivity contribution in [1.29, 1.82) is 0 Å². The first kappa shape index (κ1) is 18.0. The molecule has 2 aromatic heterocycles. The van der Waals surface area contributed by atoms with E-state index < -0.39 is 0 Å². The monoisotopic (exact) mass is 405 g/mol. The molecule has 0 saturated carbocycles. The zero-order valence-electron chi connectivity index (χ0n) is 15.9. The number of aromatic nitrogens is 2. The number of aryl methyl sites for hydroxylation is 1. The van der Waals surface area contributed by atoms with E-state index in [2.05, 4.69) is 22.1 Å². The molecule has 29 heavy (non-hydrogen) atoms. The molecule has 7 heteroatoms. The van der Waals surface area contributed by atoms with E-state index >= 15 is 0 Å². The number of nitrogens with zero attached hydrogens (tertiary/aromatic N) is 3. The smallest absolute Gasteiger partial charge is 0.276 e. The fourth-order valence-corrected chi connectivity index (χ4v) is 4.24. The Bertz CT molecular complexity index is 1200. The highest BCUT2D eigenvalue weighted by Gasteiger charge is 2.24. The van der Waals surface area contributed by atoms with Crippen LogP contribution in [0.15, 0.2) is 62.8 Å². The second-order valence-electron chi connectivity index (χ2n) is 7.06. The molecule has 4 aromatic rings. The van der Waals surface area contributed by atoms with Gasteiger partial charge in [0.05, 0.1) is 5.75 Å². The van der Waals surface area contributed by atoms with Crippen LogP contribution in [0.2, 0.25) is 0 Å². The topological polar surface area (TPSA) is 72.4 Å². The SMILES string of the molecule is Cc1cccc2oc(SCc3nc(C(=O)N4CCc5ccccc5C4)co3)nc12. The molecule has 1 aliphatic heterocycles. The molecular formula is C22H19N3O3S. The summed E-state index contributed by atoms with van der Waals surface area (Å²) < 4.78 is 11.3. The number of hydrogen-bond donors (Lipinski definition) is 0. The van der Waals surface area contributed by atoms with Crippen molar-refractivity contribution in [2.75, 3.05) is 6.54 Å². The number of benzene rings is 2. The molecule has 5 rings (SSSR count). The molecular weight excluding hydrogens is 386 g/mol. The first-order valence-corrected chi connectivity index (χ1v) is 10.5. The van der Waals surface area contributed by atoms with Gasteiger partial charge in [-0.1, -0.05) is 48.2 Å². The quantitative estimate of drug-likeness (QED) is 0.462. The molecule has 0 saturated heterocycles. The second-order valence-corrected chi connectivity index (χ2v) is 7.99. The van der Waals surface area contributed by atoms with Crippen molar-refractivity contribution in [3.05, 3.63) is 77.0 Å². The van der Waals surface area contributed by atoms with Crippen LogP contribution in [0.3, 0.4) is 0 Å². The number of rotatable bonds is 4. The predicted molar refractivity (Wildman–Crippen MR) is 110 cm³/mol. The average Bonchev–Trinajstić information content (AvgIpc) is 3.39. The molecule has 3 heterocycles. The number of oxazole rings is 2. The van der Waals surface area contributed by atoms with Gasteiger partial charge in [0, 0.05) is 13.1 Å². The third-order valence-electron chi connectivity index (χ3n) is 5.11. The van der Waals surface area contributed by atoms with Crippen molar-refractivity contribution < 1.29 is 13.6 Å². The second kappa shape index (κ2) is 7.40. The standard InChI is InChI=1S/C22H19N3O3S/c1-14-5-4-8-18-20(14)24-22(28-18)29-13-19-23-17(12-27-19)21(26)25-10-9-15-6-2-3-7-16(15)11-25/h2-8,12H,9-11,13H2,1H3. The minimum absolute atomic E-state index is 0.100. The molecule has 0 spiro atoms. The maximum absolute atomic E-state index is 12.8. The van der Waals surface area contributed by atoms with E-state index in [9.17, 15) is 4.79 Å². The van der Waals surface area contributed by atoms with Gasteiger partial charge < -0.3 is 13.7 Å². The summed E-state index contributed by atoms with van der Waals surface area (Å²) in [6, 6.07) is 14.1. The van der Waals surface area contributed by atoms with Gasteiger partial charge in [-0.15, -0.1) is 0 Å². The Labute approximate surface area is 171 Å². The number of para-hydroxylation sites is 1. The third-order valence-corrected chi connectivity index (χ3v) is 5.92. The summed E-state index contributed by atoms with van der Waals surface area (Å²) in [5.41, 5.74) is 5.54. The molecule has 2 aromatic carbocycles. The summed E-state index contributed by atoms with van der Waals surface area (Å²) in [5.74, 6) is 0.828. The highest BCUT2D eigenvalue weighted by molar-refractivity contribution is 7.98. The van der Waals surface area contributed by atoms with Crippen molar-refractivity contribution in [2.45, 2.75) is 30.9 Å². The van der Waals surface area contributed by atoms with Gasteiger partial charge >= 0.3 is 0 Å². The van der Waals surface area contributed by atoms with Gasteiger partial charge in [-0.25, -0.2) is 9.97 Å². The summed E-state index contributed by atoms with van der Waals surface area (Å²) in [6.45, 7) is 3.30. The Morgan fingerprint density at radius 3 is 2.86 bits per heavy atom. The highest BCUT2D eigenvalue weighted by atomic mass is 32.2. The minimum atomic E-state index is -0.100. The van der Waals surface area contributed by atoms with Crippen LogP contribution in [0.1, 0.15) is 33.1 Å². The number of amides is 1. The van der Waals surface area contributed by atoms with Gasteiger partial charge in [0.15, 0.2) is 11.3 Å². The summed E-state index contributed by atoms with van der Waals surface area (Å²) in [4.78, 5) is 23.5. The van der Waals surface area contributed by atoms with Crippen LogP contribution in [0.4, 0.5) is 0 Å². The summed E-state index contributed by atoms with van der Waals surface area (Å²) in [5, 5.41) is 0.563. The van der Waals surface area contributed by atoms with Crippen LogP contribution in [0, 0.1) is 6.92 Å². The molecule has 146 valence electrons. The zero-order chi connectivity index (χ0) is 19.8. The van der Waals surface area contributed by atoms with Crippen molar-refractivity contribution in [2.24, 2.45) is 0 Å². The van der Waals surface area contributed by atoms with Crippen molar-refractivity contribution in [1.82, 2.24) is 14.9 Å². The van der Waals surface area contributed by atoms with Crippen LogP contribution < -0.4 is 0 Å². The van der Waals surface area contributed by atoms with E-state index in [1.54, 1.807) is 0 Å². The third kappa shape index (κ3) is 3.53. The van der Waals surface area contributed by atoms with E-state index in [1.807, 2.05) is 42.2 Å². The summed E-state index contributed by atoms with van der Waals surface area (Å²) in [6.07, 6.45) is 2.30. The number of fused-ring (bicyclic) bond motifs is 2. The Kier molecular flexibility index (Phi) is 4.60. The Balaban J connectivity index is 1.25. The van der Waals surface area contributed by atoms with Crippen LogP contribution >= 0.6 is 11.8 Å². The summed E-state index contributed by atoms with van der Waals surface area (Å²) >= 11 is 1.40. The normalized spacial score (nSPS) is 13.6. The lowest BCUT2D eigenvalue weighted by molar-refractivity contribution is 0.0728. The lowest BCUT2D eigenvalue weighted by Crippen LogP contribution is -2.36. The molecule has 0 unspecified atom stereocenters. The van der Waals surface area contributed by atoms with E-state index in [-0.39, 0.29) is 5.91 Å². The molecule has 0 fully saturated rings. The molecule has 1 amide bonds. The van der Waals surface area contributed by atoms with Gasteiger partial charge in [0.1, 0.15) is 11.8 Å². The maximum atomic E-state index is 12.8. The van der Waals surface area contributed by atoms with Crippen LogP contribution in [0.25, 0.3) is 11.1 Å². The molecule has 0 N–H and O–H groups in total. The highest BCUT2D eigenvalue weighted by Crippen LogP contribution is 2.28. The average molecular weight is 405 g/mol. The lowest BCUT2D eigenvalue weighted by Gasteiger charge is -2.28. The maximum Gasteiger partial charge on any atom is 0.276 e. The first-order valence-electron chi connectivity index (χ1n) is 9.47. The van der Waals surface area contributed by atoms with E-state index in [4.69, 9.17) is 8.83 Å². The fourth-order valence-electron chi connectivity index (χ4n) is 3.56. The first-order chi connectivity index (χ1) is 14.2. The van der Waals surface area contributed by atoms with Crippen molar-refractivity contribution in [3.63, 3.8) is 0 Å². The van der Waals surface area contributed by atoms with Gasteiger partial charge in [0.25, 0.3) is 11.1 Å². The Morgan fingerprint density at radius 2 is 2.00 bits per heavy atom. The number of hydrogen-bond acceptors (Lipinski definition) is 6. The lowest BCUT2D eigenvalue weighted by atomic mass is 10.00. The largest absolute Gasteiger partial charge is 0.447 e. The molecule has 1 aliphatic rings. The number of carbonyl (C=O) groups is 1. The minimum Gasteiger partial charge on any atom is -0.447 e. The van der Waals surface area contributed by atoms with E-state index in [0.717, 1.165) is 23.1 Å². The number of thioether (sulfide) groups is 1. The molecule has 0 radical (unpaired) electrons. The van der Waals surface area contributed by atoms with Crippen molar-refractivity contribution >= 4 is 28.8 Å². The van der Waals surface area contributed by atoms with Crippen LogP contribution in [-0.4, -0.2) is 27.3 Å².